The van der Waals surface area contributed by atoms with Gasteiger partial charge in [-0.1, -0.05) is 18.2 Å². The van der Waals surface area contributed by atoms with Crippen molar-refractivity contribution < 1.29 is 22.8 Å². The maximum Gasteiger partial charge on any atom is 0.416 e. The summed E-state index contributed by atoms with van der Waals surface area (Å²) in [6.45, 7) is 2.92. The molecule has 0 fully saturated rings. The van der Waals surface area contributed by atoms with Crippen LogP contribution >= 0.6 is 0 Å². The van der Waals surface area contributed by atoms with Crippen molar-refractivity contribution in [1.82, 2.24) is 10.6 Å². The molecule has 0 aliphatic rings. The van der Waals surface area contributed by atoms with E-state index in [-0.39, 0.29) is 5.56 Å². The third-order valence-corrected chi connectivity index (χ3v) is 2.87. The molecule has 1 rings (SSSR count). The van der Waals surface area contributed by atoms with Gasteiger partial charge in [-0.05, 0) is 25.5 Å². The molecule has 8 heteroatoms. The summed E-state index contributed by atoms with van der Waals surface area (Å²) in [7, 11) is 0. The first-order valence-electron chi connectivity index (χ1n) is 6.15. The van der Waals surface area contributed by atoms with E-state index in [0.29, 0.717) is 0 Å². The van der Waals surface area contributed by atoms with E-state index in [1.165, 1.54) is 32.0 Å². The molecule has 0 aliphatic carbocycles. The van der Waals surface area contributed by atoms with Gasteiger partial charge in [0.2, 0.25) is 5.91 Å². The zero-order valence-corrected chi connectivity index (χ0v) is 11.5. The summed E-state index contributed by atoms with van der Waals surface area (Å²) in [5, 5.41) is 4.55. The molecule has 0 radical (unpaired) electrons. The van der Waals surface area contributed by atoms with Gasteiger partial charge < -0.3 is 5.73 Å². The minimum absolute atomic E-state index is 0.0173. The van der Waals surface area contributed by atoms with Crippen LogP contribution in [-0.4, -0.2) is 18.0 Å². The van der Waals surface area contributed by atoms with Gasteiger partial charge in [0.05, 0.1) is 11.6 Å². The zero-order valence-electron chi connectivity index (χ0n) is 11.5. The Kier molecular flexibility index (Phi) is 5.31. The van der Waals surface area contributed by atoms with Gasteiger partial charge in [0.1, 0.15) is 0 Å². The topological polar surface area (TPSA) is 84.2 Å². The van der Waals surface area contributed by atoms with Gasteiger partial charge in [0.25, 0.3) is 0 Å². The Bertz CT molecular complexity index is 532. The molecule has 21 heavy (non-hydrogen) atoms. The number of primary amides is 1. The van der Waals surface area contributed by atoms with E-state index < -0.39 is 35.8 Å². The highest BCUT2D eigenvalue weighted by Crippen LogP contribution is 2.34. The first-order valence-corrected chi connectivity index (χ1v) is 6.15. The molecule has 0 heterocycles. The highest BCUT2D eigenvalue weighted by atomic mass is 19.4. The highest BCUT2D eigenvalue weighted by Gasteiger charge is 2.34. The Morgan fingerprint density at radius 1 is 1.19 bits per heavy atom. The Balaban J connectivity index is 2.88. The molecule has 0 aliphatic heterocycles. The van der Waals surface area contributed by atoms with Crippen LogP contribution in [0.25, 0.3) is 0 Å². The first kappa shape index (κ1) is 17.0. The summed E-state index contributed by atoms with van der Waals surface area (Å²) in [6.07, 6.45) is -4.48. The van der Waals surface area contributed by atoms with Gasteiger partial charge in [0.15, 0.2) is 0 Å². The predicted molar refractivity (Wildman–Crippen MR) is 70.2 cm³/mol. The summed E-state index contributed by atoms with van der Waals surface area (Å²) in [5.74, 6) is -0.709. The summed E-state index contributed by atoms with van der Waals surface area (Å²) >= 11 is 0. The van der Waals surface area contributed by atoms with Crippen LogP contribution in [0.3, 0.4) is 0 Å². The molecule has 3 amide bonds. The number of carbonyl (C=O) groups is 2. The number of urea groups is 1. The SMILES string of the molecule is C[C@@H](N[C@H](C)c1ccccc1C(F)(F)F)C(=O)NC(N)=O. The predicted octanol–water partition coefficient (Wildman–Crippen LogP) is 1.94. The molecule has 2 atom stereocenters. The molecule has 1 aromatic rings. The van der Waals surface area contributed by atoms with Crippen molar-refractivity contribution in [3.8, 4) is 0 Å². The largest absolute Gasteiger partial charge is 0.416 e. The van der Waals surface area contributed by atoms with Crippen molar-refractivity contribution in [1.29, 1.82) is 0 Å². The number of alkyl halides is 3. The van der Waals surface area contributed by atoms with Gasteiger partial charge in [0, 0.05) is 6.04 Å². The molecule has 5 nitrogen and oxygen atoms in total. The number of benzene rings is 1. The Morgan fingerprint density at radius 3 is 2.29 bits per heavy atom. The average Bonchev–Trinajstić information content (AvgIpc) is 2.36. The van der Waals surface area contributed by atoms with Gasteiger partial charge >= 0.3 is 12.2 Å². The molecular weight excluding hydrogens is 287 g/mol. The van der Waals surface area contributed by atoms with Crippen molar-refractivity contribution in [3.63, 3.8) is 0 Å². The number of hydrogen-bond donors (Lipinski definition) is 3. The molecule has 0 aromatic heterocycles. The molecule has 4 N–H and O–H groups in total. The lowest BCUT2D eigenvalue weighted by Gasteiger charge is -2.22. The van der Waals surface area contributed by atoms with Crippen molar-refractivity contribution in [2.24, 2.45) is 5.73 Å². The van der Waals surface area contributed by atoms with E-state index in [1.54, 1.807) is 0 Å². The minimum Gasteiger partial charge on any atom is -0.351 e. The zero-order chi connectivity index (χ0) is 16.2. The monoisotopic (exact) mass is 303 g/mol. The van der Waals surface area contributed by atoms with Gasteiger partial charge in [-0.3, -0.25) is 15.4 Å². The molecule has 116 valence electrons. The molecule has 0 saturated heterocycles. The second-order valence-corrected chi connectivity index (χ2v) is 4.55. The molecule has 0 bridgehead atoms. The van der Waals surface area contributed by atoms with Crippen LogP contribution in [0.2, 0.25) is 0 Å². The fraction of sp³-hybridized carbons (Fsp3) is 0.385. The molecule has 0 spiro atoms. The van der Waals surface area contributed by atoms with Crippen LogP contribution < -0.4 is 16.4 Å². The lowest BCUT2D eigenvalue weighted by Crippen LogP contribution is -2.47. The van der Waals surface area contributed by atoms with E-state index in [2.05, 4.69) is 5.32 Å². The van der Waals surface area contributed by atoms with Crippen molar-refractivity contribution >= 4 is 11.9 Å². The third kappa shape index (κ3) is 4.75. The number of halogens is 3. The Labute approximate surface area is 119 Å². The molecular formula is C13H16F3N3O2. The second-order valence-electron chi connectivity index (χ2n) is 4.55. The normalized spacial score (nSPS) is 14.3. The summed E-state index contributed by atoms with van der Waals surface area (Å²) in [5.41, 5.74) is 4.05. The van der Waals surface area contributed by atoms with Gasteiger partial charge in [-0.2, -0.15) is 13.2 Å². The number of imide groups is 1. The maximum absolute atomic E-state index is 12.9. The number of amides is 3. The number of nitrogens with two attached hydrogens (primary N) is 1. The second kappa shape index (κ2) is 6.57. The minimum atomic E-state index is -4.48. The van der Waals surface area contributed by atoms with Crippen molar-refractivity contribution in [2.75, 3.05) is 0 Å². The summed E-state index contributed by atoms with van der Waals surface area (Å²) < 4.78 is 38.7. The van der Waals surface area contributed by atoms with E-state index in [1.807, 2.05) is 5.32 Å². The average molecular weight is 303 g/mol. The lowest BCUT2D eigenvalue weighted by atomic mass is 10.0. The number of nitrogens with one attached hydrogen (secondary N) is 2. The first-order chi connectivity index (χ1) is 9.62. The van der Waals surface area contributed by atoms with Crippen molar-refractivity contribution in [3.05, 3.63) is 35.4 Å². The number of rotatable bonds is 4. The fourth-order valence-electron chi connectivity index (χ4n) is 1.90. The van der Waals surface area contributed by atoms with E-state index >= 15 is 0 Å². The smallest absolute Gasteiger partial charge is 0.351 e. The highest BCUT2D eigenvalue weighted by molar-refractivity contribution is 5.96. The standard InChI is InChI=1S/C13H16F3N3O2/c1-7(18-8(2)11(20)19-12(17)21)9-5-3-4-6-10(9)13(14,15)16/h3-8,18H,1-2H3,(H3,17,19,20,21)/t7-,8-/m1/s1. The van der Waals surface area contributed by atoms with Crippen LogP contribution in [0.5, 0.6) is 0 Å². The number of carbonyl (C=O) groups excluding carboxylic acids is 2. The Morgan fingerprint density at radius 2 is 1.76 bits per heavy atom. The summed E-state index contributed by atoms with van der Waals surface area (Å²) in [6, 6.07) is 2.45. The quantitative estimate of drug-likeness (QED) is 0.794. The van der Waals surface area contributed by atoms with Crippen LogP contribution in [0.15, 0.2) is 24.3 Å². The lowest BCUT2D eigenvalue weighted by molar-refractivity contribution is -0.138. The van der Waals surface area contributed by atoms with E-state index in [9.17, 15) is 22.8 Å². The van der Waals surface area contributed by atoms with Crippen LogP contribution in [0.1, 0.15) is 31.0 Å². The summed E-state index contributed by atoms with van der Waals surface area (Å²) in [4.78, 5) is 22.1. The molecule has 0 saturated carbocycles. The third-order valence-electron chi connectivity index (χ3n) is 2.87. The maximum atomic E-state index is 12.9. The van der Waals surface area contributed by atoms with Crippen LogP contribution in [-0.2, 0) is 11.0 Å². The van der Waals surface area contributed by atoms with E-state index in [0.717, 1.165) is 6.07 Å². The fourth-order valence-corrected chi connectivity index (χ4v) is 1.90. The van der Waals surface area contributed by atoms with Crippen LogP contribution in [0.4, 0.5) is 18.0 Å². The van der Waals surface area contributed by atoms with Crippen LogP contribution in [0, 0.1) is 0 Å². The van der Waals surface area contributed by atoms with Gasteiger partial charge in [-0.15, -0.1) is 0 Å². The van der Waals surface area contributed by atoms with Crippen molar-refractivity contribution in [2.45, 2.75) is 32.1 Å². The van der Waals surface area contributed by atoms with Gasteiger partial charge in [-0.25, -0.2) is 4.79 Å². The number of hydrogen-bond acceptors (Lipinski definition) is 3. The van der Waals surface area contributed by atoms with E-state index in [4.69, 9.17) is 5.73 Å². The Hall–Kier alpha value is -2.09. The molecule has 1 aromatic carbocycles. The molecule has 0 unspecified atom stereocenters.